The average molecular weight is 467 g/mol. The number of carbonyl (C=O) groups is 2. The van der Waals surface area contributed by atoms with E-state index in [1.165, 1.54) is 28.6 Å². The molecule has 3 aromatic rings. The number of anilines is 1. The fraction of sp³-hybridized carbons (Fsp3) is 0.200. The molecule has 0 aliphatic heterocycles. The van der Waals surface area contributed by atoms with Crippen LogP contribution in [0.1, 0.15) is 28.4 Å². The van der Waals surface area contributed by atoms with Crippen LogP contribution in [0.2, 0.25) is 0 Å². The van der Waals surface area contributed by atoms with Gasteiger partial charge in [0.15, 0.2) is 6.61 Å². The third-order valence-electron chi connectivity index (χ3n) is 5.06. The topological polar surface area (TPSA) is 92.8 Å². The molecule has 0 spiro atoms. The summed E-state index contributed by atoms with van der Waals surface area (Å²) < 4.78 is 32.7. The van der Waals surface area contributed by atoms with Crippen molar-refractivity contribution in [2.75, 3.05) is 17.5 Å². The van der Waals surface area contributed by atoms with Crippen LogP contribution < -0.4 is 9.62 Å². The summed E-state index contributed by atoms with van der Waals surface area (Å²) in [4.78, 5) is 24.5. The summed E-state index contributed by atoms with van der Waals surface area (Å²) in [5.41, 5.74) is 2.59. The van der Waals surface area contributed by atoms with Gasteiger partial charge in [-0.15, -0.1) is 0 Å². The van der Waals surface area contributed by atoms with Crippen molar-refractivity contribution < 1.29 is 22.7 Å². The maximum absolute atomic E-state index is 13.2. The summed E-state index contributed by atoms with van der Waals surface area (Å²) in [5, 5.41) is 2.70. The van der Waals surface area contributed by atoms with Crippen LogP contribution in [0.5, 0.6) is 0 Å². The lowest BCUT2D eigenvalue weighted by Crippen LogP contribution is -2.31. The van der Waals surface area contributed by atoms with Crippen LogP contribution in [-0.2, 0) is 26.1 Å². The first-order valence-electron chi connectivity index (χ1n) is 10.5. The van der Waals surface area contributed by atoms with Crippen molar-refractivity contribution >= 4 is 27.6 Å². The number of hydrogen-bond acceptors (Lipinski definition) is 5. The zero-order valence-corrected chi connectivity index (χ0v) is 19.3. The van der Waals surface area contributed by atoms with Crippen molar-refractivity contribution in [2.24, 2.45) is 0 Å². The lowest BCUT2D eigenvalue weighted by Gasteiger charge is -2.23. The van der Waals surface area contributed by atoms with Gasteiger partial charge in [-0.3, -0.25) is 9.10 Å². The average Bonchev–Trinajstić information content (AvgIpc) is 2.83. The molecule has 1 N–H and O–H groups in total. The van der Waals surface area contributed by atoms with Crippen molar-refractivity contribution in [1.29, 1.82) is 0 Å². The number of nitrogens with zero attached hydrogens (tertiary/aromatic N) is 1. The minimum absolute atomic E-state index is 0.0355. The summed E-state index contributed by atoms with van der Waals surface area (Å²) in [7, 11) is -3.89. The van der Waals surface area contributed by atoms with Gasteiger partial charge < -0.3 is 10.1 Å². The van der Waals surface area contributed by atoms with E-state index in [-0.39, 0.29) is 17.0 Å². The molecule has 172 valence electrons. The van der Waals surface area contributed by atoms with Crippen LogP contribution >= 0.6 is 0 Å². The second-order valence-electron chi connectivity index (χ2n) is 7.31. The summed E-state index contributed by atoms with van der Waals surface area (Å²) in [6.45, 7) is 3.76. The molecule has 0 aliphatic carbocycles. The Labute approximate surface area is 194 Å². The Morgan fingerprint density at radius 1 is 0.939 bits per heavy atom. The van der Waals surface area contributed by atoms with E-state index in [1.54, 1.807) is 37.3 Å². The van der Waals surface area contributed by atoms with Crippen LogP contribution in [0.15, 0.2) is 83.8 Å². The highest BCUT2D eigenvalue weighted by Crippen LogP contribution is 2.24. The lowest BCUT2D eigenvalue weighted by molar-refractivity contribution is -0.124. The number of nitrogens with one attached hydrogen (secondary N) is 1. The summed E-state index contributed by atoms with van der Waals surface area (Å²) in [6.07, 6.45) is 0. The van der Waals surface area contributed by atoms with Gasteiger partial charge in [0.1, 0.15) is 0 Å². The van der Waals surface area contributed by atoms with Gasteiger partial charge in [-0.2, -0.15) is 0 Å². The summed E-state index contributed by atoms with van der Waals surface area (Å²) >= 11 is 0. The molecule has 3 aromatic carbocycles. The zero-order valence-electron chi connectivity index (χ0n) is 18.5. The second-order valence-corrected chi connectivity index (χ2v) is 9.17. The van der Waals surface area contributed by atoms with Crippen molar-refractivity contribution in [2.45, 2.75) is 25.3 Å². The maximum atomic E-state index is 13.2. The molecule has 3 rings (SSSR count). The van der Waals surface area contributed by atoms with Crippen molar-refractivity contribution in [3.05, 3.63) is 95.6 Å². The van der Waals surface area contributed by atoms with E-state index < -0.39 is 28.5 Å². The molecule has 0 unspecified atom stereocenters. The van der Waals surface area contributed by atoms with Crippen LogP contribution in [-0.4, -0.2) is 33.4 Å². The van der Waals surface area contributed by atoms with Gasteiger partial charge in [-0.1, -0.05) is 48.5 Å². The molecule has 33 heavy (non-hydrogen) atoms. The summed E-state index contributed by atoms with van der Waals surface area (Å²) in [5.74, 6) is -1.22. The monoisotopic (exact) mass is 466 g/mol. The van der Waals surface area contributed by atoms with E-state index >= 15 is 0 Å². The van der Waals surface area contributed by atoms with E-state index in [2.05, 4.69) is 5.32 Å². The van der Waals surface area contributed by atoms with E-state index in [0.29, 0.717) is 12.2 Å². The molecule has 0 bridgehead atoms. The first kappa shape index (κ1) is 24.0. The predicted molar refractivity (Wildman–Crippen MR) is 126 cm³/mol. The smallest absolute Gasteiger partial charge is 0.338 e. The number of aryl methyl sites for hydroxylation is 1. The number of para-hydroxylation sites is 1. The van der Waals surface area contributed by atoms with E-state index in [0.717, 1.165) is 11.1 Å². The molecule has 7 nitrogen and oxygen atoms in total. The normalized spacial score (nSPS) is 11.0. The Balaban J connectivity index is 1.65. The highest BCUT2D eigenvalue weighted by Gasteiger charge is 2.24. The Hall–Kier alpha value is -3.65. The fourth-order valence-corrected chi connectivity index (χ4v) is 4.78. The minimum Gasteiger partial charge on any atom is -0.452 e. The standard InChI is InChI=1S/C25H26N2O5S/c1-3-27(22-13-5-4-6-14-22)33(30,31)23-15-9-12-20(16-23)25(29)32-18-24(28)26-17-21-11-8-7-10-19(21)2/h4-16H,3,17-18H2,1-2H3,(H,26,28). The maximum Gasteiger partial charge on any atom is 0.338 e. The highest BCUT2D eigenvalue weighted by molar-refractivity contribution is 7.92. The third-order valence-corrected chi connectivity index (χ3v) is 6.96. The molecular formula is C25H26N2O5S. The van der Waals surface area contributed by atoms with E-state index in [1.807, 2.05) is 31.2 Å². The first-order valence-corrected chi connectivity index (χ1v) is 11.9. The van der Waals surface area contributed by atoms with Crippen LogP contribution in [0.3, 0.4) is 0 Å². The molecule has 0 fully saturated rings. The molecule has 0 saturated carbocycles. The molecule has 0 saturated heterocycles. The Bertz CT molecular complexity index is 1230. The number of sulfonamides is 1. The Kier molecular flexibility index (Phi) is 7.84. The van der Waals surface area contributed by atoms with Gasteiger partial charge in [0, 0.05) is 13.1 Å². The van der Waals surface area contributed by atoms with Crippen molar-refractivity contribution in [3.8, 4) is 0 Å². The van der Waals surface area contributed by atoms with Crippen LogP contribution in [0.25, 0.3) is 0 Å². The van der Waals surface area contributed by atoms with Gasteiger partial charge in [-0.05, 0) is 55.3 Å². The molecular weight excluding hydrogens is 440 g/mol. The number of esters is 1. The van der Waals surface area contributed by atoms with Crippen molar-refractivity contribution in [1.82, 2.24) is 5.32 Å². The number of ether oxygens (including phenoxy) is 1. The Morgan fingerprint density at radius 2 is 1.64 bits per heavy atom. The van der Waals surface area contributed by atoms with Crippen LogP contribution in [0, 0.1) is 6.92 Å². The molecule has 1 amide bonds. The molecule has 0 aliphatic rings. The molecule has 0 atom stereocenters. The minimum atomic E-state index is -3.89. The largest absolute Gasteiger partial charge is 0.452 e. The summed E-state index contributed by atoms with van der Waals surface area (Å²) in [6, 6.07) is 22.0. The van der Waals surface area contributed by atoms with Gasteiger partial charge in [-0.25, -0.2) is 13.2 Å². The number of amides is 1. The predicted octanol–water partition coefficient (Wildman–Crippen LogP) is 3.68. The van der Waals surface area contributed by atoms with Gasteiger partial charge >= 0.3 is 5.97 Å². The second kappa shape index (κ2) is 10.8. The zero-order chi connectivity index (χ0) is 23.8. The van der Waals surface area contributed by atoms with Gasteiger partial charge in [0.2, 0.25) is 0 Å². The van der Waals surface area contributed by atoms with Crippen LogP contribution in [0.4, 0.5) is 5.69 Å². The SMILES string of the molecule is CCN(c1ccccc1)S(=O)(=O)c1cccc(C(=O)OCC(=O)NCc2ccccc2C)c1. The number of carbonyl (C=O) groups excluding carboxylic acids is 2. The number of hydrogen-bond donors (Lipinski definition) is 1. The highest BCUT2D eigenvalue weighted by atomic mass is 32.2. The quantitative estimate of drug-likeness (QED) is 0.486. The van der Waals surface area contributed by atoms with Crippen molar-refractivity contribution in [3.63, 3.8) is 0 Å². The van der Waals surface area contributed by atoms with E-state index in [4.69, 9.17) is 4.74 Å². The van der Waals surface area contributed by atoms with Gasteiger partial charge in [0.05, 0.1) is 16.1 Å². The Morgan fingerprint density at radius 3 is 2.33 bits per heavy atom. The molecule has 8 heteroatoms. The lowest BCUT2D eigenvalue weighted by atomic mass is 10.1. The number of rotatable bonds is 9. The molecule has 0 aromatic heterocycles. The fourth-order valence-electron chi connectivity index (χ4n) is 3.26. The van der Waals surface area contributed by atoms with E-state index in [9.17, 15) is 18.0 Å². The molecule has 0 heterocycles. The molecule has 0 radical (unpaired) electrons. The first-order chi connectivity index (χ1) is 15.8. The third kappa shape index (κ3) is 5.98. The number of benzene rings is 3. The van der Waals surface area contributed by atoms with Gasteiger partial charge in [0.25, 0.3) is 15.9 Å².